The van der Waals surface area contributed by atoms with Crippen LogP contribution in [0.15, 0.2) is 47.6 Å². The Balaban J connectivity index is 1.69. The minimum atomic E-state index is -0.314. The molecule has 2 aromatic rings. The van der Waals surface area contributed by atoms with E-state index < -0.39 is 0 Å². The Morgan fingerprint density at radius 1 is 1.16 bits per heavy atom. The molecule has 0 aliphatic carbocycles. The van der Waals surface area contributed by atoms with E-state index in [4.69, 9.17) is 0 Å². The van der Waals surface area contributed by atoms with Crippen LogP contribution in [0.1, 0.15) is 23.6 Å². The van der Waals surface area contributed by atoms with Gasteiger partial charge in [-0.15, -0.1) is 0 Å². The number of carbonyl (C=O) groups excluding carboxylic acids is 2. The van der Waals surface area contributed by atoms with Crippen LogP contribution in [-0.2, 0) is 16.0 Å². The van der Waals surface area contributed by atoms with E-state index in [1.165, 1.54) is 0 Å². The molecule has 6 nitrogen and oxygen atoms in total. The molecular weight excluding hydrogens is 316 g/mol. The van der Waals surface area contributed by atoms with Gasteiger partial charge in [-0.2, -0.15) is 5.10 Å². The summed E-state index contributed by atoms with van der Waals surface area (Å²) in [5.74, 6) is -0.617. The van der Waals surface area contributed by atoms with Crippen LogP contribution in [0.5, 0.6) is 0 Å². The first kappa shape index (κ1) is 16.7. The third kappa shape index (κ3) is 3.52. The Hall–Kier alpha value is -3.15. The third-order valence-electron chi connectivity index (χ3n) is 4.11. The summed E-state index contributed by atoms with van der Waals surface area (Å²) < 4.78 is 0. The summed E-state index contributed by atoms with van der Waals surface area (Å²) in [5.41, 5.74) is 7.17. The van der Waals surface area contributed by atoms with Crippen LogP contribution in [0, 0.1) is 6.92 Å². The lowest BCUT2D eigenvalue weighted by Gasteiger charge is -2.08. The van der Waals surface area contributed by atoms with Crippen LogP contribution in [0.3, 0.4) is 0 Å². The Morgan fingerprint density at radius 3 is 2.72 bits per heavy atom. The zero-order chi connectivity index (χ0) is 17.8. The standard InChI is InChI=1S/C19H20N4O2/c1-3-13-8-6-10-15-17(13)18(19(25)21-15)23-22-16(24)11-20-14-9-5-4-7-12(14)2/h4-10,20H,3,11H2,1-2H3,(H,22,24)(H,21,23,25). The number of anilines is 2. The number of benzene rings is 2. The monoisotopic (exact) mass is 336 g/mol. The van der Waals surface area contributed by atoms with Crippen LogP contribution in [-0.4, -0.2) is 24.1 Å². The molecule has 0 aromatic heterocycles. The fourth-order valence-corrected chi connectivity index (χ4v) is 2.78. The summed E-state index contributed by atoms with van der Waals surface area (Å²) >= 11 is 0. The highest BCUT2D eigenvalue weighted by atomic mass is 16.2. The largest absolute Gasteiger partial charge is 0.376 e. The normalized spacial score (nSPS) is 14.2. The van der Waals surface area contributed by atoms with Gasteiger partial charge in [-0.3, -0.25) is 9.59 Å². The number of hydrogen-bond acceptors (Lipinski definition) is 4. The van der Waals surface area contributed by atoms with Gasteiger partial charge >= 0.3 is 0 Å². The van der Waals surface area contributed by atoms with Gasteiger partial charge in [0.25, 0.3) is 11.8 Å². The van der Waals surface area contributed by atoms with E-state index in [0.717, 1.165) is 34.5 Å². The van der Waals surface area contributed by atoms with Crippen LogP contribution in [0.25, 0.3) is 0 Å². The molecule has 1 aliphatic rings. The molecule has 0 radical (unpaired) electrons. The van der Waals surface area contributed by atoms with Crippen molar-refractivity contribution in [2.24, 2.45) is 5.10 Å². The van der Waals surface area contributed by atoms with Gasteiger partial charge in [-0.05, 0) is 36.6 Å². The molecule has 0 saturated carbocycles. The number of rotatable bonds is 5. The number of hydrazone groups is 1. The highest BCUT2D eigenvalue weighted by Crippen LogP contribution is 2.27. The maximum absolute atomic E-state index is 12.1. The van der Waals surface area contributed by atoms with Gasteiger partial charge in [0.05, 0.1) is 12.2 Å². The van der Waals surface area contributed by atoms with Gasteiger partial charge in [0, 0.05) is 11.3 Å². The number of para-hydroxylation sites is 1. The Kier molecular flexibility index (Phi) is 4.79. The Labute approximate surface area is 146 Å². The second-order valence-electron chi connectivity index (χ2n) is 5.81. The quantitative estimate of drug-likeness (QED) is 0.734. The van der Waals surface area contributed by atoms with E-state index in [9.17, 15) is 9.59 Å². The van der Waals surface area contributed by atoms with Crippen LogP contribution in [0.2, 0.25) is 0 Å². The minimum Gasteiger partial charge on any atom is -0.376 e. The maximum Gasteiger partial charge on any atom is 0.276 e. The first-order valence-corrected chi connectivity index (χ1v) is 8.19. The number of nitrogens with one attached hydrogen (secondary N) is 3. The molecule has 128 valence electrons. The van der Waals surface area contributed by atoms with Gasteiger partial charge in [-0.25, -0.2) is 5.43 Å². The van der Waals surface area contributed by atoms with Crippen LogP contribution < -0.4 is 16.1 Å². The SMILES string of the molecule is CCc1cccc2c1C(=NNC(=O)CNc1ccccc1C)C(=O)N2. The van der Waals surface area contributed by atoms with E-state index in [1.54, 1.807) is 0 Å². The van der Waals surface area contributed by atoms with Crippen molar-refractivity contribution in [2.45, 2.75) is 20.3 Å². The molecule has 0 atom stereocenters. The summed E-state index contributed by atoms with van der Waals surface area (Å²) in [5, 5.41) is 9.89. The molecule has 0 fully saturated rings. The molecule has 0 saturated heterocycles. The van der Waals surface area contributed by atoms with Gasteiger partial charge in [0.15, 0.2) is 5.71 Å². The van der Waals surface area contributed by atoms with Crippen molar-refractivity contribution in [3.63, 3.8) is 0 Å². The molecular formula is C19H20N4O2. The van der Waals surface area contributed by atoms with Gasteiger partial charge in [0.2, 0.25) is 0 Å². The van der Waals surface area contributed by atoms with Crippen molar-refractivity contribution in [3.05, 3.63) is 59.2 Å². The molecule has 1 aliphatic heterocycles. The average Bonchev–Trinajstić information content (AvgIpc) is 2.94. The molecule has 6 heteroatoms. The number of hydrogen-bond donors (Lipinski definition) is 3. The molecule has 0 spiro atoms. The lowest BCUT2D eigenvalue weighted by atomic mass is 10.0. The molecule has 0 bridgehead atoms. The summed E-state index contributed by atoms with van der Waals surface area (Å²) in [7, 11) is 0. The fourth-order valence-electron chi connectivity index (χ4n) is 2.78. The highest BCUT2D eigenvalue weighted by Gasteiger charge is 2.28. The first-order valence-electron chi connectivity index (χ1n) is 8.19. The molecule has 0 unspecified atom stereocenters. The topological polar surface area (TPSA) is 82.6 Å². The first-order chi connectivity index (χ1) is 12.1. The fraction of sp³-hybridized carbons (Fsp3) is 0.211. The van der Waals surface area contributed by atoms with E-state index in [0.29, 0.717) is 0 Å². The second kappa shape index (κ2) is 7.17. The van der Waals surface area contributed by atoms with Crippen molar-refractivity contribution in [3.8, 4) is 0 Å². The summed E-state index contributed by atoms with van der Waals surface area (Å²) in [6.07, 6.45) is 0.778. The van der Waals surface area contributed by atoms with Crippen LogP contribution >= 0.6 is 0 Å². The van der Waals surface area contributed by atoms with Crippen molar-refractivity contribution in [1.29, 1.82) is 0 Å². The number of amides is 2. The zero-order valence-electron chi connectivity index (χ0n) is 14.2. The van der Waals surface area contributed by atoms with Gasteiger partial charge in [-0.1, -0.05) is 37.3 Å². The predicted molar refractivity (Wildman–Crippen MR) is 98.8 cm³/mol. The molecule has 3 N–H and O–H groups in total. The maximum atomic E-state index is 12.1. The zero-order valence-corrected chi connectivity index (χ0v) is 14.2. The summed E-state index contributed by atoms with van der Waals surface area (Å²) in [6, 6.07) is 13.4. The van der Waals surface area contributed by atoms with Gasteiger partial charge < -0.3 is 10.6 Å². The van der Waals surface area contributed by atoms with Crippen molar-refractivity contribution < 1.29 is 9.59 Å². The third-order valence-corrected chi connectivity index (χ3v) is 4.11. The predicted octanol–water partition coefficient (Wildman–Crippen LogP) is 2.44. The minimum absolute atomic E-state index is 0.0749. The van der Waals surface area contributed by atoms with Crippen molar-refractivity contribution >= 4 is 28.9 Å². The lowest BCUT2D eigenvalue weighted by molar-refractivity contribution is -0.119. The summed E-state index contributed by atoms with van der Waals surface area (Å²) in [6.45, 7) is 4.05. The number of fused-ring (bicyclic) bond motifs is 1. The average molecular weight is 336 g/mol. The Morgan fingerprint density at radius 2 is 1.96 bits per heavy atom. The second-order valence-corrected chi connectivity index (χ2v) is 5.81. The van der Waals surface area contributed by atoms with Crippen LogP contribution in [0.4, 0.5) is 11.4 Å². The smallest absolute Gasteiger partial charge is 0.276 e. The van der Waals surface area contributed by atoms with E-state index in [2.05, 4.69) is 21.2 Å². The lowest BCUT2D eigenvalue weighted by Crippen LogP contribution is -2.28. The molecule has 2 amide bonds. The van der Waals surface area contributed by atoms with Gasteiger partial charge in [0.1, 0.15) is 0 Å². The highest BCUT2D eigenvalue weighted by molar-refractivity contribution is 6.54. The number of nitrogens with zero attached hydrogens (tertiary/aromatic N) is 1. The van der Waals surface area contributed by atoms with E-state index >= 15 is 0 Å². The van der Waals surface area contributed by atoms with E-state index in [1.807, 2.05) is 56.3 Å². The van der Waals surface area contributed by atoms with Crippen molar-refractivity contribution in [2.75, 3.05) is 17.2 Å². The molecule has 25 heavy (non-hydrogen) atoms. The molecule has 1 heterocycles. The summed E-state index contributed by atoms with van der Waals surface area (Å²) in [4.78, 5) is 24.2. The van der Waals surface area contributed by atoms with Crippen molar-refractivity contribution in [1.82, 2.24) is 5.43 Å². The molecule has 3 rings (SSSR count). The number of carbonyl (C=O) groups is 2. The Bertz CT molecular complexity index is 858. The number of aryl methyl sites for hydroxylation is 2. The van der Waals surface area contributed by atoms with E-state index in [-0.39, 0.29) is 24.1 Å². The molecule has 2 aromatic carbocycles.